The summed E-state index contributed by atoms with van der Waals surface area (Å²) in [7, 11) is 0. The van der Waals surface area contributed by atoms with Gasteiger partial charge in [0.15, 0.2) is 18.3 Å². The van der Waals surface area contributed by atoms with Crippen molar-refractivity contribution in [2.24, 2.45) is 0 Å². The molecule has 3 aromatic carbocycles. The van der Waals surface area contributed by atoms with Crippen LogP contribution in [0, 0.1) is 0 Å². The van der Waals surface area contributed by atoms with Gasteiger partial charge in [-0.1, -0.05) is 54.6 Å². The zero-order valence-corrected chi connectivity index (χ0v) is 18.8. The normalized spacial score (nSPS) is 21.8. The number of hydrogen-bond acceptors (Lipinski definition) is 8. The molecule has 4 rings (SSSR count). The second-order valence-electron chi connectivity index (χ2n) is 7.51. The van der Waals surface area contributed by atoms with Crippen LogP contribution in [0.4, 0.5) is 0 Å². The molecule has 0 aliphatic carbocycles. The number of rotatable bonds is 6. The van der Waals surface area contributed by atoms with Gasteiger partial charge in [0.2, 0.25) is 0 Å². The lowest BCUT2D eigenvalue weighted by Crippen LogP contribution is -2.54. The van der Waals surface area contributed by atoms with Gasteiger partial charge in [0.25, 0.3) is 0 Å². The first-order chi connectivity index (χ1) is 16.5. The Morgan fingerprint density at radius 3 is 1.44 bits per heavy atom. The minimum absolute atomic E-state index is 0.145. The molecule has 1 unspecified atom stereocenters. The van der Waals surface area contributed by atoms with E-state index in [2.05, 4.69) is 0 Å². The van der Waals surface area contributed by atoms with E-state index in [9.17, 15) is 19.5 Å². The average molecular weight is 479 g/mol. The number of benzene rings is 3. The largest absolute Gasteiger partial charge is 0.454 e. The molecule has 34 heavy (non-hydrogen) atoms. The van der Waals surface area contributed by atoms with Crippen molar-refractivity contribution in [3.63, 3.8) is 0 Å². The van der Waals surface area contributed by atoms with Gasteiger partial charge in [0.05, 0.1) is 16.7 Å². The minimum atomic E-state index is -1.26. The van der Waals surface area contributed by atoms with Crippen LogP contribution in [0.5, 0.6) is 0 Å². The summed E-state index contributed by atoms with van der Waals surface area (Å²) in [6.45, 7) is 0. The molecular weight excluding hydrogens is 456 g/mol. The first-order valence-electron chi connectivity index (χ1n) is 10.6. The molecule has 1 fully saturated rings. The van der Waals surface area contributed by atoms with Gasteiger partial charge in [-0.3, -0.25) is 0 Å². The maximum absolute atomic E-state index is 12.8. The molecule has 174 valence electrons. The number of aliphatic hydroxyl groups is 1. The van der Waals surface area contributed by atoms with Crippen LogP contribution >= 0.6 is 11.8 Å². The Morgan fingerprint density at radius 2 is 1.00 bits per heavy atom. The SMILES string of the molecule is O=C(O[C@H]1[C@H](OC(=O)c2ccccc2)C(O)SC[C@H]1OC(=O)c1ccccc1)c1ccccc1. The molecule has 3 aromatic rings. The second kappa shape index (κ2) is 11.0. The van der Waals surface area contributed by atoms with E-state index < -0.39 is 41.7 Å². The van der Waals surface area contributed by atoms with E-state index >= 15 is 0 Å². The summed E-state index contributed by atoms with van der Waals surface area (Å²) in [5, 5.41) is 10.6. The summed E-state index contributed by atoms with van der Waals surface area (Å²) in [5.41, 5.74) is -0.315. The van der Waals surface area contributed by atoms with Crippen molar-refractivity contribution in [1.29, 1.82) is 0 Å². The van der Waals surface area contributed by atoms with Gasteiger partial charge in [0.1, 0.15) is 5.44 Å². The highest BCUT2D eigenvalue weighted by atomic mass is 32.2. The predicted octanol–water partition coefficient (Wildman–Crippen LogP) is 3.73. The fraction of sp³-hybridized carbons (Fsp3) is 0.192. The number of ether oxygens (including phenoxy) is 3. The quantitative estimate of drug-likeness (QED) is 0.423. The zero-order chi connectivity index (χ0) is 23.9. The number of carbonyl (C=O) groups excluding carboxylic acids is 3. The molecule has 1 aliphatic rings. The van der Waals surface area contributed by atoms with E-state index in [4.69, 9.17) is 14.2 Å². The first-order valence-corrected chi connectivity index (χ1v) is 11.7. The van der Waals surface area contributed by atoms with E-state index in [-0.39, 0.29) is 16.9 Å². The lowest BCUT2D eigenvalue weighted by atomic mass is 10.1. The molecule has 4 atom stereocenters. The van der Waals surface area contributed by atoms with Crippen LogP contribution in [0.2, 0.25) is 0 Å². The Bertz CT molecular complexity index is 1120. The maximum Gasteiger partial charge on any atom is 0.338 e. The van der Waals surface area contributed by atoms with Crippen molar-refractivity contribution in [1.82, 2.24) is 0 Å². The van der Waals surface area contributed by atoms with Crippen LogP contribution < -0.4 is 0 Å². The summed E-state index contributed by atoms with van der Waals surface area (Å²) in [6, 6.07) is 24.9. The predicted molar refractivity (Wildman–Crippen MR) is 125 cm³/mol. The number of esters is 3. The van der Waals surface area contributed by atoms with Gasteiger partial charge in [-0.2, -0.15) is 0 Å². The zero-order valence-electron chi connectivity index (χ0n) is 18.0. The molecule has 1 heterocycles. The third-order valence-electron chi connectivity index (χ3n) is 5.18. The highest BCUT2D eigenvalue weighted by Crippen LogP contribution is 2.32. The highest BCUT2D eigenvalue weighted by molar-refractivity contribution is 7.99. The summed E-state index contributed by atoms with van der Waals surface area (Å²) in [5.74, 6) is -1.85. The summed E-state index contributed by atoms with van der Waals surface area (Å²) >= 11 is 1.05. The molecule has 0 saturated carbocycles. The van der Waals surface area contributed by atoms with Crippen molar-refractivity contribution >= 4 is 29.7 Å². The van der Waals surface area contributed by atoms with E-state index in [0.717, 1.165) is 11.8 Å². The highest BCUT2D eigenvalue weighted by Gasteiger charge is 2.47. The van der Waals surface area contributed by atoms with Crippen LogP contribution in [0.25, 0.3) is 0 Å². The van der Waals surface area contributed by atoms with E-state index in [1.807, 2.05) is 0 Å². The van der Waals surface area contributed by atoms with E-state index in [0.29, 0.717) is 5.56 Å². The van der Waals surface area contributed by atoms with Gasteiger partial charge in [0, 0.05) is 5.75 Å². The van der Waals surface area contributed by atoms with Crippen LogP contribution in [0.1, 0.15) is 31.1 Å². The summed E-state index contributed by atoms with van der Waals surface area (Å²) < 4.78 is 16.9. The van der Waals surface area contributed by atoms with Crippen molar-refractivity contribution in [3.05, 3.63) is 108 Å². The maximum atomic E-state index is 12.8. The fourth-order valence-corrected chi connectivity index (χ4v) is 4.48. The third kappa shape index (κ3) is 5.65. The number of carbonyl (C=O) groups is 3. The van der Waals surface area contributed by atoms with Crippen LogP contribution in [-0.4, -0.2) is 52.5 Å². The molecule has 8 heteroatoms. The molecule has 0 aromatic heterocycles. The molecular formula is C26H22O7S. The molecule has 0 amide bonds. The number of hydrogen-bond donors (Lipinski definition) is 1. The van der Waals surface area contributed by atoms with Crippen LogP contribution in [0.3, 0.4) is 0 Å². The average Bonchev–Trinajstić information content (AvgIpc) is 2.89. The van der Waals surface area contributed by atoms with Gasteiger partial charge in [-0.25, -0.2) is 14.4 Å². The summed E-state index contributed by atoms with van der Waals surface area (Å²) in [4.78, 5) is 38.3. The molecule has 0 bridgehead atoms. The van der Waals surface area contributed by atoms with Crippen LogP contribution in [-0.2, 0) is 14.2 Å². The van der Waals surface area contributed by atoms with Crippen molar-refractivity contribution in [2.75, 3.05) is 5.75 Å². The lowest BCUT2D eigenvalue weighted by Gasteiger charge is -2.38. The minimum Gasteiger partial charge on any atom is -0.454 e. The smallest absolute Gasteiger partial charge is 0.338 e. The topological polar surface area (TPSA) is 99.1 Å². The molecule has 7 nitrogen and oxygen atoms in total. The molecule has 0 radical (unpaired) electrons. The van der Waals surface area contributed by atoms with E-state index in [1.54, 1.807) is 91.0 Å². The van der Waals surface area contributed by atoms with Crippen molar-refractivity contribution in [2.45, 2.75) is 23.7 Å². The summed E-state index contributed by atoms with van der Waals surface area (Å²) in [6.07, 6.45) is -3.43. The lowest BCUT2D eigenvalue weighted by molar-refractivity contribution is -0.105. The van der Waals surface area contributed by atoms with E-state index in [1.165, 1.54) is 0 Å². The molecule has 0 spiro atoms. The molecule has 1 saturated heterocycles. The van der Waals surface area contributed by atoms with Crippen LogP contribution in [0.15, 0.2) is 91.0 Å². The third-order valence-corrected chi connectivity index (χ3v) is 6.31. The Labute approximate surface area is 200 Å². The monoisotopic (exact) mass is 478 g/mol. The number of thioether (sulfide) groups is 1. The van der Waals surface area contributed by atoms with Crippen molar-refractivity contribution in [3.8, 4) is 0 Å². The van der Waals surface area contributed by atoms with Gasteiger partial charge < -0.3 is 19.3 Å². The second-order valence-corrected chi connectivity index (χ2v) is 8.66. The first kappa shape index (κ1) is 23.5. The Hall–Kier alpha value is -3.62. The van der Waals surface area contributed by atoms with Crippen molar-refractivity contribution < 1.29 is 33.7 Å². The Morgan fingerprint density at radius 1 is 0.618 bits per heavy atom. The van der Waals surface area contributed by atoms with Gasteiger partial charge >= 0.3 is 17.9 Å². The molecule has 1 aliphatic heterocycles. The number of aliphatic hydroxyl groups excluding tert-OH is 1. The van der Waals surface area contributed by atoms with Gasteiger partial charge in [-0.05, 0) is 36.4 Å². The Balaban J connectivity index is 1.59. The standard InChI is InChI=1S/C26H22O7S/c27-23(17-10-4-1-5-11-17)31-20-16-34-26(30)22(33-25(29)19-14-8-3-9-15-19)21(20)32-24(28)18-12-6-2-7-13-18/h1-15,20-22,26,30H,16H2/t20-,21-,22+,26?/m1/s1. The Kier molecular flexibility index (Phi) is 7.61. The van der Waals surface area contributed by atoms with Gasteiger partial charge in [-0.15, -0.1) is 11.8 Å². The fourth-order valence-electron chi connectivity index (χ4n) is 3.44. The molecule has 1 N–H and O–H groups in total.